The molecule has 0 radical (unpaired) electrons. The van der Waals surface area contributed by atoms with Gasteiger partial charge in [0.25, 0.3) is 0 Å². The van der Waals surface area contributed by atoms with Gasteiger partial charge in [-0.2, -0.15) is 0 Å². The van der Waals surface area contributed by atoms with Crippen molar-refractivity contribution in [2.75, 3.05) is 6.54 Å². The summed E-state index contributed by atoms with van der Waals surface area (Å²) in [4.78, 5) is 2.50. The number of hydrogen-bond donors (Lipinski definition) is 2. The molecule has 0 amide bonds. The zero-order chi connectivity index (χ0) is 16.0. The molecule has 6 nitrogen and oxygen atoms in total. The molecule has 0 aliphatic carbocycles. The van der Waals surface area contributed by atoms with Crippen LogP contribution in [-0.2, 0) is 0 Å². The number of halogens is 4. The van der Waals surface area contributed by atoms with Gasteiger partial charge in [-0.1, -0.05) is 27.1 Å². The van der Waals surface area contributed by atoms with Crippen LogP contribution in [0.15, 0.2) is 27.8 Å². The Morgan fingerprint density at radius 3 is 2.57 bits per heavy atom. The van der Waals surface area contributed by atoms with Crippen LogP contribution in [0.4, 0.5) is 13.2 Å². The predicted octanol–water partition coefficient (Wildman–Crippen LogP) is 3.44. The summed E-state index contributed by atoms with van der Waals surface area (Å²) in [5.41, 5.74) is 8.30. The highest BCUT2D eigenvalue weighted by Crippen LogP contribution is 2.32. The highest BCUT2D eigenvalue weighted by atomic mass is 79.9. The molecule has 0 bridgehead atoms. The quantitative estimate of drug-likeness (QED) is 0.456. The zero-order valence-electron chi connectivity index (χ0n) is 10.5. The van der Waals surface area contributed by atoms with E-state index in [1.54, 1.807) is 0 Å². The SMILES string of the molecule is [N-]=[N+]=NCCC(O)C(O)c1ccc(OC(F)(F)F)cc1Br. The molecular weight excluding hydrogens is 359 g/mol. The van der Waals surface area contributed by atoms with E-state index in [0.29, 0.717) is 0 Å². The summed E-state index contributed by atoms with van der Waals surface area (Å²) in [5, 5.41) is 22.8. The molecule has 2 N–H and O–H groups in total. The fraction of sp³-hybridized carbons (Fsp3) is 0.455. The number of azide groups is 1. The van der Waals surface area contributed by atoms with E-state index in [1.165, 1.54) is 6.07 Å². The first-order chi connectivity index (χ1) is 9.74. The second-order valence-electron chi connectivity index (χ2n) is 3.99. The summed E-state index contributed by atoms with van der Waals surface area (Å²) < 4.78 is 40.1. The molecule has 1 rings (SSSR count). The molecule has 10 heteroatoms. The summed E-state index contributed by atoms with van der Waals surface area (Å²) in [6, 6.07) is 3.26. The van der Waals surface area contributed by atoms with Gasteiger partial charge in [-0.3, -0.25) is 0 Å². The number of rotatable bonds is 6. The van der Waals surface area contributed by atoms with Crippen molar-refractivity contribution in [2.45, 2.75) is 25.0 Å². The van der Waals surface area contributed by atoms with Crippen LogP contribution in [0.25, 0.3) is 10.4 Å². The van der Waals surface area contributed by atoms with Crippen LogP contribution in [0.3, 0.4) is 0 Å². The first kappa shape index (κ1) is 17.6. The Labute approximate surface area is 125 Å². The van der Waals surface area contributed by atoms with E-state index < -0.39 is 24.3 Å². The molecule has 0 aliphatic heterocycles. The van der Waals surface area contributed by atoms with Gasteiger partial charge in [-0.15, -0.1) is 13.2 Å². The highest BCUT2D eigenvalue weighted by molar-refractivity contribution is 9.10. The minimum Gasteiger partial charge on any atom is -0.406 e. The number of hydrogen-bond acceptors (Lipinski definition) is 4. The second kappa shape index (κ2) is 7.51. The number of aliphatic hydroxyl groups excluding tert-OH is 2. The molecule has 1 aromatic rings. The van der Waals surface area contributed by atoms with Crippen LogP contribution in [0.5, 0.6) is 5.75 Å². The standard InChI is InChI=1S/C11H11BrF3N3O3/c12-8-5-6(21-11(13,14)15)1-2-7(8)10(20)9(19)3-4-17-18-16/h1-2,5,9-10,19-20H,3-4H2. The Hall–Kier alpha value is -1.48. The Bertz CT molecular complexity index is 535. The smallest absolute Gasteiger partial charge is 0.406 e. The van der Waals surface area contributed by atoms with E-state index in [1.807, 2.05) is 0 Å². The maximum absolute atomic E-state index is 12.1. The number of aliphatic hydroxyl groups is 2. The van der Waals surface area contributed by atoms with Crippen molar-refractivity contribution >= 4 is 15.9 Å². The largest absolute Gasteiger partial charge is 0.573 e. The van der Waals surface area contributed by atoms with E-state index in [9.17, 15) is 23.4 Å². The van der Waals surface area contributed by atoms with Crippen LogP contribution in [0.2, 0.25) is 0 Å². The lowest BCUT2D eigenvalue weighted by Crippen LogP contribution is -2.20. The maximum atomic E-state index is 12.1. The summed E-state index contributed by atoms with van der Waals surface area (Å²) in [5.74, 6) is -0.450. The molecule has 1 aromatic carbocycles. The molecule has 21 heavy (non-hydrogen) atoms. The Morgan fingerprint density at radius 1 is 1.38 bits per heavy atom. The summed E-state index contributed by atoms with van der Waals surface area (Å²) in [6.45, 7) is -0.0123. The first-order valence-corrected chi connectivity index (χ1v) is 6.46. The van der Waals surface area contributed by atoms with Crippen LogP contribution < -0.4 is 4.74 Å². The first-order valence-electron chi connectivity index (χ1n) is 5.67. The lowest BCUT2D eigenvalue weighted by atomic mass is 10.0. The number of benzene rings is 1. The third kappa shape index (κ3) is 5.80. The molecule has 2 unspecified atom stereocenters. The van der Waals surface area contributed by atoms with Crippen molar-refractivity contribution in [2.24, 2.45) is 5.11 Å². The van der Waals surface area contributed by atoms with Gasteiger partial charge >= 0.3 is 6.36 Å². The Kier molecular flexibility index (Phi) is 6.28. The number of ether oxygens (including phenoxy) is 1. The van der Waals surface area contributed by atoms with Gasteiger partial charge in [0.2, 0.25) is 0 Å². The van der Waals surface area contributed by atoms with Crippen LogP contribution in [-0.4, -0.2) is 29.2 Å². The van der Waals surface area contributed by atoms with Gasteiger partial charge in [0.05, 0.1) is 6.10 Å². The highest BCUT2D eigenvalue weighted by Gasteiger charge is 2.31. The minimum atomic E-state index is -4.81. The molecule has 0 spiro atoms. The molecule has 0 aromatic heterocycles. The second-order valence-corrected chi connectivity index (χ2v) is 4.84. The fourth-order valence-corrected chi connectivity index (χ4v) is 2.14. The summed E-state index contributed by atoms with van der Waals surface area (Å²) >= 11 is 3.01. The Morgan fingerprint density at radius 2 is 2.05 bits per heavy atom. The minimum absolute atomic E-state index is 0.0123. The lowest BCUT2D eigenvalue weighted by molar-refractivity contribution is -0.274. The predicted molar refractivity (Wildman–Crippen MR) is 70.4 cm³/mol. The van der Waals surface area contributed by atoms with Crippen molar-refractivity contribution in [3.8, 4) is 5.75 Å². The topological polar surface area (TPSA) is 98.5 Å². The van der Waals surface area contributed by atoms with Gasteiger partial charge in [-0.25, -0.2) is 0 Å². The third-order valence-electron chi connectivity index (χ3n) is 2.48. The van der Waals surface area contributed by atoms with Crippen molar-refractivity contribution in [3.63, 3.8) is 0 Å². The molecule has 0 saturated carbocycles. The van der Waals surface area contributed by atoms with Crippen molar-refractivity contribution < 1.29 is 28.1 Å². The van der Waals surface area contributed by atoms with Crippen molar-refractivity contribution in [3.05, 3.63) is 38.7 Å². The van der Waals surface area contributed by atoms with E-state index in [-0.39, 0.29) is 23.0 Å². The fourth-order valence-electron chi connectivity index (χ4n) is 1.54. The number of nitrogens with zero attached hydrogens (tertiary/aromatic N) is 3. The average molecular weight is 370 g/mol. The third-order valence-corrected chi connectivity index (χ3v) is 3.16. The van der Waals surface area contributed by atoms with Crippen LogP contribution in [0.1, 0.15) is 18.1 Å². The summed E-state index contributed by atoms with van der Waals surface area (Å²) in [7, 11) is 0. The molecular formula is C11H11BrF3N3O3. The van der Waals surface area contributed by atoms with Crippen molar-refractivity contribution in [1.82, 2.24) is 0 Å². The van der Waals surface area contributed by atoms with Gasteiger partial charge in [0.1, 0.15) is 11.9 Å². The average Bonchev–Trinajstić information content (AvgIpc) is 2.36. The molecule has 0 heterocycles. The molecule has 116 valence electrons. The van der Waals surface area contributed by atoms with Gasteiger partial charge < -0.3 is 14.9 Å². The van der Waals surface area contributed by atoms with Gasteiger partial charge in [-0.05, 0) is 29.6 Å². The van der Waals surface area contributed by atoms with Crippen molar-refractivity contribution in [1.29, 1.82) is 0 Å². The van der Waals surface area contributed by atoms with E-state index in [2.05, 4.69) is 30.7 Å². The van der Waals surface area contributed by atoms with Crippen LogP contribution >= 0.6 is 15.9 Å². The Balaban J connectivity index is 2.81. The van der Waals surface area contributed by atoms with E-state index in [0.717, 1.165) is 12.1 Å². The molecule has 0 aliphatic rings. The zero-order valence-corrected chi connectivity index (χ0v) is 12.0. The van der Waals surface area contributed by atoms with Gasteiger partial charge in [0, 0.05) is 15.9 Å². The molecule has 0 fully saturated rings. The summed E-state index contributed by atoms with van der Waals surface area (Å²) in [6.07, 6.45) is -7.36. The molecule has 2 atom stereocenters. The lowest BCUT2D eigenvalue weighted by Gasteiger charge is -2.19. The molecule has 0 saturated heterocycles. The maximum Gasteiger partial charge on any atom is 0.573 e. The number of alkyl halides is 3. The van der Waals surface area contributed by atoms with E-state index in [4.69, 9.17) is 5.53 Å². The monoisotopic (exact) mass is 369 g/mol. The van der Waals surface area contributed by atoms with E-state index >= 15 is 0 Å². The van der Waals surface area contributed by atoms with Gasteiger partial charge in [0.15, 0.2) is 0 Å². The normalized spacial score (nSPS) is 14.2. The van der Waals surface area contributed by atoms with Crippen LogP contribution in [0, 0.1) is 0 Å².